The van der Waals surface area contributed by atoms with Crippen molar-refractivity contribution < 1.29 is 4.74 Å². The lowest BCUT2D eigenvalue weighted by molar-refractivity contribution is 0.314. The third-order valence-corrected chi connectivity index (χ3v) is 6.37. The van der Waals surface area contributed by atoms with E-state index in [0.29, 0.717) is 4.83 Å². The SMILES string of the molecule is BrC(CC1CC2CCC1C2)c1ccc2c(c1)CCO2. The highest BCUT2D eigenvalue weighted by molar-refractivity contribution is 9.09. The van der Waals surface area contributed by atoms with Crippen LogP contribution in [0.4, 0.5) is 0 Å². The minimum atomic E-state index is 0.530. The summed E-state index contributed by atoms with van der Waals surface area (Å²) in [5, 5.41) is 0. The number of benzene rings is 1. The van der Waals surface area contributed by atoms with E-state index in [4.69, 9.17) is 4.74 Å². The molecule has 2 saturated carbocycles. The van der Waals surface area contributed by atoms with Gasteiger partial charge in [0.05, 0.1) is 6.61 Å². The smallest absolute Gasteiger partial charge is 0.122 e. The van der Waals surface area contributed by atoms with Crippen molar-refractivity contribution in [1.29, 1.82) is 0 Å². The quantitative estimate of drug-likeness (QED) is 0.721. The Balaban J connectivity index is 1.47. The van der Waals surface area contributed by atoms with Crippen LogP contribution < -0.4 is 4.74 Å². The fourth-order valence-corrected chi connectivity index (χ4v) is 5.23. The molecule has 2 bridgehead atoms. The van der Waals surface area contributed by atoms with Crippen LogP contribution in [0, 0.1) is 17.8 Å². The molecule has 0 radical (unpaired) electrons. The molecule has 2 fully saturated rings. The molecular weight excluding hydrogens is 300 g/mol. The number of alkyl halides is 1. The van der Waals surface area contributed by atoms with Crippen molar-refractivity contribution in [2.24, 2.45) is 17.8 Å². The number of hydrogen-bond acceptors (Lipinski definition) is 1. The van der Waals surface area contributed by atoms with Crippen molar-refractivity contribution in [3.63, 3.8) is 0 Å². The lowest BCUT2D eigenvalue weighted by atomic mass is 9.84. The van der Waals surface area contributed by atoms with Gasteiger partial charge in [-0.05, 0) is 60.6 Å². The number of fused-ring (bicyclic) bond motifs is 3. The number of rotatable bonds is 3. The molecule has 0 N–H and O–H groups in total. The summed E-state index contributed by atoms with van der Waals surface area (Å²) in [6, 6.07) is 6.76. The van der Waals surface area contributed by atoms with Gasteiger partial charge in [-0.25, -0.2) is 0 Å². The normalized spacial score (nSPS) is 33.2. The Morgan fingerprint density at radius 3 is 3.00 bits per heavy atom. The van der Waals surface area contributed by atoms with Gasteiger partial charge in [-0.15, -0.1) is 0 Å². The third kappa shape index (κ3) is 2.22. The predicted octanol–water partition coefficient (Wildman–Crippen LogP) is 4.88. The monoisotopic (exact) mass is 320 g/mol. The zero-order valence-corrected chi connectivity index (χ0v) is 12.9. The third-order valence-electron chi connectivity index (χ3n) is 5.47. The van der Waals surface area contributed by atoms with Crippen LogP contribution in [0.2, 0.25) is 0 Å². The lowest BCUT2D eigenvalue weighted by Gasteiger charge is -2.24. The average Bonchev–Trinajstić information content (AvgIpc) is 3.13. The van der Waals surface area contributed by atoms with E-state index in [1.807, 2.05) is 0 Å². The van der Waals surface area contributed by atoms with Gasteiger partial charge in [-0.2, -0.15) is 0 Å². The Morgan fingerprint density at radius 2 is 2.21 bits per heavy atom. The minimum Gasteiger partial charge on any atom is -0.493 e. The second-order valence-electron chi connectivity index (χ2n) is 6.60. The highest BCUT2D eigenvalue weighted by atomic mass is 79.9. The molecule has 1 heterocycles. The van der Waals surface area contributed by atoms with Crippen LogP contribution in [0.3, 0.4) is 0 Å². The molecule has 1 aromatic carbocycles. The standard InChI is InChI=1S/C17H21BrO/c18-16(10-15-8-11-1-2-12(15)7-11)13-3-4-17-14(9-13)5-6-19-17/h3-4,9,11-12,15-16H,1-2,5-8,10H2. The molecule has 2 aliphatic carbocycles. The summed E-state index contributed by atoms with van der Waals surface area (Å²) in [6.45, 7) is 0.859. The number of halogens is 1. The fraction of sp³-hybridized carbons (Fsp3) is 0.647. The average molecular weight is 321 g/mol. The van der Waals surface area contributed by atoms with E-state index in [9.17, 15) is 0 Å². The Morgan fingerprint density at radius 1 is 1.26 bits per heavy atom. The van der Waals surface area contributed by atoms with Gasteiger partial charge >= 0.3 is 0 Å². The molecule has 0 saturated heterocycles. The van der Waals surface area contributed by atoms with Crippen LogP contribution in [-0.4, -0.2) is 6.61 Å². The van der Waals surface area contributed by atoms with Crippen molar-refractivity contribution in [2.45, 2.75) is 43.4 Å². The first kappa shape index (κ1) is 12.3. The maximum absolute atomic E-state index is 5.59. The van der Waals surface area contributed by atoms with Crippen molar-refractivity contribution in [2.75, 3.05) is 6.61 Å². The Bertz CT molecular complexity index is 484. The van der Waals surface area contributed by atoms with Crippen LogP contribution in [0.15, 0.2) is 18.2 Å². The van der Waals surface area contributed by atoms with Gasteiger partial charge in [0.25, 0.3) is 0 Å². The predicted molar refractivity (Wildman–Crippen MR) is 80.9 cm³/mol. The summed E-state index contributed by atoms with van der Waals surface area (Å²) in [7, 11) is 0. The van der Waals surface area contributed by atoms with Gasteiger partial charge in [0.1, 0.15) is 5.75 Å². The minimum absolute atomic E-state index is 0.530. The van der Waals surface area contributed by atoms with E-state index in [0.717, 1.165) is 36.5 Å². The maximum Gasteiger partial charge on any atom is 0.122 e. The molecule has 1 nitrogen and oxygen atoms in total. The van der Waals surface area contributed by atoms with E-state index >= 15 is 0 Å². The second kappa shape index (κ2) is 4.80. The molecule has 0 aromatic heterocycles. The molecule has 19 heavy (non-hydrogen) atoms. The molecule has 2 heteroatoms. The van der Waals surface area contributed by atoms with Gasteiger partial charge < -0.3 is 4.74 Å². The lowest BCUT2D eigenvalue weighted by Crippen LogP contribution is -2.12. The molecule has 4 unspecified atom stereocenters. The van der Waals surface area contributed by atoms with Crippen LogP contribution in [0.25, 0.3) is 0 Å². The molecule has 4 rings (SSSR count). The van der Waals surface area contributed by atoms with Crippen LogP contribution in [-0.2, 0) is 6.42 Å². The number of ether oxygens (including phenoxy) is 1. The number of hydrogen-bond donors (Lipinski definition) is 0. The van der Waals surface area contributed by atoms with E-state index in [1.54, 1.807) is 0 Å². The van der Waals surface area contributed by atoms with Gasteiger partial charge in [0.2, 0.25) is 0 Å². The van der Waals surface area contributed by atoms with Crippen molar-refractivity contribution in [1.82, 2.24) is 0 Å². The van der Waals surface area contributed by atoms with Gasteiger partial charge in [-0.1, -0.05) is 34.5 Å². The zero-order chi connectivity index (χ0) is 12.8. The molecule has 4 atom stereocenters. The summed E-state index contributed by atoms with van der Waals surface area (Å²) in [6.07, 6.45) is 8.40. The molecule has 0 amide bonds. The van der Waals surface area contributed by atoms with E-state index < -0.39 is 0 Å². The Hall–Kier alpha value is -0.500. The molecule has 1 aliphatic heterocycles. The molecule has 102 valence electrons. The fourth-order valence-electron chi connectivity index (χ4n) is 4.47. The Labute approximate surface area is 123 Å². The summed E-state index contributed by atoms with van der Waals surface area (Å²) in [5.41, 5.74) is 2.85. The van der Waals surface area contributed by atoms with Crippen LogP contribution >= 0.6 is 15.9 Å². The van der Waals surface area contributed by atoms with Gasteiger partial charge in [0, 0.05) is 11.2 Å². The van der Waals surface area contributed by atoms with Gasteiger partial charge in [0.15, 0.2) is 0 Å². The van der Waals surface area contributed by atoms with Crippen molar-refractivity contribution in [3.8, 4) is 5.75 Å². The summed E-state index contributed by atoms with van der Waals surface area (Å²) < 4.78 is 5.59. The first-order valence-electron chi connectivity index (χ1n) is 7.69. The first-order chi connectivity index (χ1) is 9.29. The largest absolute Gasteiger partial charge is 0.493 e. The van der Waals surface area contributed by atoms with Crippen molar-refractivity contribution in [3.05, 3.63) is 29.3 Å². The van der Waals surface area contributed by atoms with E-state index in [1.165, 1.54) is 43.2 Å². The van der Waals surface area contributed by atoms with E-state index in [-0.39, 0.29) is 0 Å². The molecule has 1 aromatic rings. The molecule has 0 spiro atoms. The maximum atomic E-state index is 5.59. The van der Waals surface area contributed by atoms with Gasteiger partial charge in [-0.3, -0.25) is 0 Å². The van der Waals surface area contributed by atoms with E-state index in [2.05, 4.69) is 34.1 Å². The topological polar surface area (TPSA) is 9.23 Å². The molecular formula is C17H21BrO. The summed E-state index contributed by atoms with van der Waals surface area (Å²) >= 11 is 3.94. The highest BCUT2D eigenvalue weighted by Crippen LogP contribution is 2.52. The molecule has 3 aliphatic rings. The first-order valence-corrected chi connectivity index (χ1v) is 8.61. The zero-order valence-electron chi connectivity index (χ0n) is 11.3. The summed E-state index contributed by atoms with van der Waals surface area (Å²) in [4.78, 5) is 0.530. The van der Waals surface area contributed by atoms with Crippen LogP contribution in [0.1, 0.15) is 48.1 Å². The van der Waals surface area contributed by atoms with Crippen molar-refractivity contribution >= 4 is 15.9 Å². The van der Waals surface area contributed by atoms with Crippen LogP contribution in [0.5, 0.6) is 5.75 Å². The highest BCUT2D eigenvalue weighted by Gasteiger charge is 2.40. The second-order valence-corrected chi connectivity index (χ2v) is 7.71. The Kier molecular flexibility index (Phi) is 3.10. The summed E-state index contributed by atoms with van der Waals surface area (Å²) in [5.74, 6) is 4.15.